The molecule has 1 saturated heterocycles. The molecular weight excluding hydrogens is 344 g/mol. The molecular formula is C20H20N4O3. The van der Waals surface area contributed by atoms with E-state index in [0.29, 0.717) is 24.5 Å². The molecule has 1 fully saturated rings. The van der Waals surface area contributed by atoms with E-state index in [1.807, 2.05) is 42.2 Å². The number of hydrogen-bond acceptors (Lipinski definition) is 5. The number of likely N-dealkylation sites (tertiary alicyclic amines) is 1. The average molecular weight is 364 g/mol. The van der Waals surface area contributed by atoms with E-state index in [2.05, 4.69) is 15.1 Å². The number of amides is 1. The van der Waals surface area contributed by atoms with Crippen molar-refractivity contribution in [3.8, 4) is 11.4 Å². The number of aromatic nitrogens is 3. The Hall–Kier alpha value is -3.22. The molecule has 1 aliphatic heterocycles. The van der Waals surface area contributed by atoms with Crippen molar-refractivity contribution in [2.24, 2.45) is 0 Å². The summed E-state index contributed by atoms with van der Waals surface area (Å²) in [5.41, 5.74) is 1.15. The van der Waals surface area contributed by atoms with Crippen LogP contribution in [0.25, 0.3) is 11.4 Å². The molecule has 1 aliphatic rings. The molecule has 0 radical (unpaired) electrons. The van der Waals surface area contributed by atoms with Gasteiger partial charge in [-0.15, -0.1) is 0 Å². The van der Waals surface area contributed by atoms with Gasteiger partial charge in [0.1, 0.15) is 0 Å². The molecule has 2 aromatic heterocycles. The van der Waals surface area contributed by atoms with E-state index in [9.17, 15) is 9.59 Å². The first-order valence-corrected chi connectivity index (χ1v) is 9.02. The number of pyridine rings is 1. The standard InChI is InChI=1S/C20H20N4O3/c1-2-15(13-7-4-3-5-8-13)20(26)24-11-14(12-24)19-22-17(23-27-19)16-9-6-10-21-18(16)25/h3-10,14-15H,2,11-12H2,1H3,(H,21,25). The fourth-order valence-corrected chi connectivity index (χ4v) is 3.38. The summed E-state index contributed by atoms with van der Waals surface area (Å²) < 4.78 is 5.33. The highest BCUT2D eigenvalue weighted by Crippen LogP contribution is 2.31. The van der Waals surface area contributed by atoms with Crippen LogP contribution in [0.1, 0.15) is 36.6 Å². The van der Waals surface area contributed by atoms with Crippen LogP contribution in [0.4, 0.5) is 0 Å². The first kappa shape index (κ1) is 17.2. The van der Waals surface area contributed by atoms with Crippen LogP contribution < -0.4 is 5.56 Å². The lowest BCUT2D eigenvalue weighted by Gasteiger charge is -2.39. The number of nitrogens with zero attached hydrogens (tertiary/aromatic N) is 3. The number of H-pyrrole nitrogens is 1. The van der Waals surface area contributed by atoms with Crippen molar-refractivity contribution in [1.82, 2.24) is 20.0 Å². The van der Waals surface area contributed by atoms with Crippen LogP contribution in [-0.2, 0) is 4.79 Å². The molecule has 3 aromatic rings. The Bertz CT molecular complexity index is 989. The van der Waals surface area contributed by atoms with E-state index in [4.69, 9.17) is 4.52 Å². The lowest BCUT2D eigenvalue weighted by molar-refractivity contribution is -0.137. The zero-order chi connectivity index (χ0) is 18.8. The van der Waals surface area contributed by atoms with Gasteiger partial charge in [-0.2, -0.15) is 4.98 Å². The van der Waals surface area contributed by atoms with Gasteiger partial charge in [-0.25, -0.2) is 0 Å². The van der Waals surface area contributed by atoms with E-state index in [1.54, 1.807) is 18.3 Å². The number of carbonyl (C=O) groups excluding carboxylic acids is 1. The molecule has 0 bridgehead atoms. The summed E-state index contributed by atoms with van der Waals surface area (Å²) in [6, 6.07) is 13.2. The van der Waals surface area contributed by atoms with Gasteiger partial charge >= 0.3 is 0 Å². The minimum atomic E-state index is -0.260. The second kappa shape index (κ2) is 7.19. The van der Waals surface area contributed by atoms with Crippen molar-refractivity contribution in [3.05, 3.63) is 70.5 Å². The molecule has 1 N–H and O–H groups in total. The highest BCUT2D eigenvalue weighted by atomic mass is 16.5. The monoisotopic (exact) mass is 364 g/mol. The number of nitrogens with one attached hydrogen (secondary N) is 1. The molecule has 7 heteroatoms. The zero-order valence-corrected chi connectivity index (χ0v) is 15.0. The predicted octanol–water partition coefficient (Wildman–Crippen LogP) is 2.54. The molecule has 0 spiro atoms. The van der Waals surface area contributed by atoms with E-state index in [0.717, 1.165) is 12.0 Å². The first-order chi connectivity index (χ1) is 13.2. The number of benzene rings is 1. The van der Waals surface area contributed by atoms with Gasteiger partial charge in [0, 0.05) is 19.3 Å². The smallest absolute Gasteiger partial charge is 0.259 e. The maximum absolute atomic E-state index is 12.8. The Morgan fingerprint density at radius 3 is 2.74 bits per heavy atom. The average Bonchev–Trinajstić information content (AvgIpc) is 3.12. The lowest BCUT2D eigenvalue weighted by Crippen LogP contribution is -2.50. The van der Waals surface area contributed by atoms with Gasteiger partial charge in [0.25, 0.3) is 5.56 Å². The van der Waals surface area contributed by atoms with Crippen molar-refractivity contribution >= 4 is 5.91 Å². The third kappa shape index (κ3) is 3.28. The van der Waals surface area contributed by atoms with E-state index in [-0.39, 0.29) is 29.1 Å². The van der Waals surface area contributed by atoms with Gasteiger partial charge in [-0.05, 0) is 24.1 Å². The van der Waals surface area contributed by atoms with Gasteiger partial charge in [-0.1, -0.05) is 42.4 Å². The molecule has 3 heterocycles. The lowest BCUT2D eigenvalue weighted by atomic mass is 9.91. The van der Waals surface area contributed by atoms with Crippen LogP contribution in [0, 0.1) is 0 Å². The molecule has 0 saturated carbocycles. The molecule has 0 aliphatic carbocycles. The third-order valence-electron chi connectivity index (χ3n) is 4.95. The van der Waals surface area contributed by atoms with Crippen molar-refractivity contribution in [2.45, 2.75) is 25.2 Å². The molecule has 1 unspecified atom stereocenters. The molecule has 1 amide bonds. The Kier molecular flexibility index (Phi) is 4.58. The Morgan fingerprint density at radius 1 is 1.26 bits per heavy atom. The van der Waals surface area contributed by atoms with Crippen molar-refractivity contribution < 1.29 is 9.32 Å². The maximum Gasteiger partial charge on any atom is 0.259 e. The van der Waals surface area contributed by atoms with Gasteiger partial charge in [0.2, 0.25) is 17.6 Å². The highest BCUT2D eigenvalue weighted by Gasteiger charge is 2.38. The van der Waals surface area contributed by atoms with Crippen LogP contribution in [0.5, 0.6) is 0 Å². The van der Waals surface area contributed by atoms with E-state index in [1.165, 1.54) is 0 Å². The molecule has 7 nitrogen and oxygen atoms in total. The fraction of sp³-hybridized carbons (Fsp3) is 0.300. The summed E-state index contributed by atoms with van der Waals surface area (Å²) in [7, 11) is 0. The van der Waals surface area contributed by atoms with E-state index < -0.39 is 0 Å². The van der Waals surface area contributed by atoms with Crippen molar-refractivity contribution in [1.29, 1.82) is 0 Å². The van der Waals surface area contributed by atoms with Crippen LogP contribution in [0.15, 0.2) is 58.0 Å². The minimum absolute atomic E-state index is 0.00581. The summed E-state index contributed by atoms with van der Waals surface area (Å²) in [6.07, 6.45) is 2.31. The number of carbonyl (C=O) groups is 1. The molecule has 27 heavy (non-hydrogen) atoms. The van der Waals surface area contributed by atoms with Crippen LogP contribution in [0.3, 0.4) is 0 Å². The van der Waals surface area contributed by atoms with Gasteiger partial charge < -0.3 is 14.4 Å². The molecule has 1 aromatic carbocycles. The fourth-order valence-electron chi connectivity index (χ4n) is 3.38. The number of rotatable bonds is 5. The Labute approximate surface area is 156 Å². The number of hydrogen-bond donors (Lipinski definition) is 1. The summed E-state index contributed by atoms with van der Waals surface area (Å²) in [5.74, 6) is 0.733. The largest absolute Gasteiger partial charge is 0.340 e. The summed E-state index contributed by atoms with van der Waals surface area (Å²) in [5, 5.41) is 3.91. The highest BCUT2D eigenvalue weighted by molar-refractivity contribution is 5.84. The predicted molar refractivity (Wildman–Crippen MR) is 99.1 cm³/mol. The molecule has 138 valence electrons. The summed E-state index contributed by atoms with van der Waals surface area (Å²) >= 11 is 0. The summed E-state index contributed by atoms with van der Waals surface area (Å²) in [6.45, 7) is 3.12. The van der Waals surface area contributed by atoms with Gasteiger partial charge in [0.05, 0.1) is 17.4 Å². The minimum Gasteiger partial charge on any atom is -0.340 e. The quantitative estimate of drug-likeness (QED) is 0.751. The topological polar surface area (TPSA) is 92.1 Å². The third-order valence-corrected chi connectivity index (χ3v) is 4.95. The summed E-state index contributed by atoms with van der Waals surface area (Å²) in [4.78, 5) is 33.4. The zero-order valence-electron chi connectivity index (χ0n) is 15.0. The van der Waals surface area contributed by atoms with Crippen molar-refractivity contribution in [3.63, 3.8) is 0 Å². The van der Waals surface area contributed by atoms with E-state index >= 15 is 0 Å². The maximum atomic E-state index is 12.8. The second-order valence-corrected chi connectivity index (χ2v) is 6.68. The Morgan fingerprint density at radius 2 is 2.04 bits per heavy atom. The molecule has 4 rings (SSSR count). The van der Waals surface area contributed by atoms with Crippen LogP contribution in [0.2, 0.25) is 0 Å². The van der Waals surface area contributed by atoms with Crippen LogP contribution in [-0.4, -0.2) is 39.0 Å². The van der Waals surface area contributed by atoms with Gasteiger partial charge in [0.15, 0.2) is 0 Å². The second-order valence-electron chi connectivity index (χ2n) is 6.68. The SMILES string of the molecule is CCC(C(=O)N1CC(c2nc(-c3ccc[nH]c3=O)no2)C1)c1ccccc1. The Balaban J connectivity index is 1.43. The van der Waals surface area contributed by atoms with Crippen molar-refractivity contribution in [2.75, 3.05) is 13.1 Å². The normalized spacial score (nSPS) is 15.4. The van der Waals surface area contributed by atoms with Crippen LogP contribution >= 0.6 is 0 Å². The van der Waals surface area contributed by atoms with Gasteiger partial charge in [-0.3, -0.25) is 9.59 Å². The molecule has 1 atom stereocenters. The first-order valence-electron chi connectivity index (χ1n) is 9.02. The number of aromatic amines is 1.